The molecular formula is C20H22BrN3O. The van der Waals surface area contributed by atoms with Crippen molar-refractivity contribution in [3.05, 3.63) is 64.4 Å². The Morgan fingerprint density at radius 1 is 1.12 bits per heavy atom. The number of hydrogen-bond donors (Lipinski definition) is 1. The van der Waals surface area contributed by atoms with Gasteiger partial charge in [-0.2, -0.15) is 0 Å². The maximum absolute atomic E-state index is 12.2. The SMILES string of the molecule is CC(C)(C)C(=O)NCc1nc2ccccc2n1Cc1ccc(Br)cc1. The van der Waals surface area contributed by atoms with E-state index in [-0.39, 0.29) is 5.91 Å². The van der Waals surface area contributed by atoms with Crippen LogP contribution in [0, 0.1) is 5.41 Å². The molecule has 130 valence electrons. The highest BCUT2D eigenvalue weighted by molar-refractivity contribution is 9.10. The van der Waals surface area contributed by atoms with Crippen molar-refractivity contribution in [2.75, 3.05) is 0 Å². The fourth-order valence-electron chi connectivity index (χ4n) is 2.63. The molecule has 4 nitrogen and oxygen atoms in total. The van der Waals surface area contributed by atoms with E-state index in [0.29, 0.717) is 13.1 Å². The molecule has 0 unspecified atom stereocenters. The molecule has 1 heterocycles. The van der Waals surface area contributed by atoms with Crippen molar-refractivity contribution in [1.29, 1.82) is 0 Å². The minimum atomic E-state index is -0.414. The van der Waals surface area contributed by atoms with Crippen molar-refractivity contribution < 1.29 is 4.79 Å². The van der Waals surface area contributed by atoms with E-state index in [1.807, 2.05) is 51.1 Å². The van der Waals surface area contributed by atoms with Gasteiger partial charge in [-0.1, -0.05) is 61.0 Å². The maximum atomic E-state index is 12.2. The second-order valence-corrected chi connectivity index (χ2v) is 8.08. The Hall–Kier alpha value is -2.14. The number of nitrogens with zero attached hydrogens (tertiary/aromatic N) is 2. The number of para-hydroxylation sites is 2. The zero-order chi connectivity index (χ0) is 18.0. The zero-order valence-corrected chi connectivity index (χ0v) is 16.3. The monoisotopic (exact) mass is 399 g/mol. The molecule has 0 aliphatic carbocycles. The van der Waals surface area contributed by atoms with Crippen LogP contribution in [0.4, 0.5) is 0 Å². The van der Waals surface area contributed by atoms with Gasteiger partial charge in [0.05, 0.1) is 17.6 Å². The van der Waals surface area contributed by atoms with E-state index in [2.05, 4.69) is 44.0 Å². The molecule has 0 saturated carbocycles. The largest absolute Gasteiger partial charge is 0.348 e. The molecule has 1 N–H and O–H groups in total. The number of benzene rings is 2. The summed E-state index contributed by atoms with van der Waals surface area (Å²) in [7, 11) is 0. The van der Waals surface area contributed by atoms with Gasteiger partial charge in [-0.3, -0.25) is 4.79 Å². The number of carbonyl (C=O) groups excluding carboxylic acids is 1. The average Bonchev–Trinajstić information content (AvgIpc) is 2.91. The second-order valence-electron chi connectivity index (χ2n) is 7.16. The Kier molecular flexibility index (Phi) is 4.95. The van der Waals surface area contributed by atoms with Crippen molar-refractivity contribution in [2.45, 2.75) is 33.9 Å². The highest BCUT2D eigenvalue weighted by Gasteiger charge is 2.21. The van der Waals surface area contributed by atoms with Gasteiger partial charge in [0.25, 0.3) is 0 Å². The fourth-order valence-corrected chi connectivity index (χ4v) is 2.90. The molecule has 2 aromatic carbocycles. The molecule has 0 fully saturated rings. The minimum Gasteiger partial charge on any atom is -0.348 e. The number of amides is 1. The molecule has 1 amide bonds. The summed E-state index contributed by atoms with van der Waals surface area (Å²) in [5.74, 6) is 0.886. The van der Waals surface area contributed by atoms with Gasteiger partial charge in [-0.15, -0.1) is 0 Å². The summed E-state index contributed by atoms with van der Waals surface area (Å²) in [6.07, 6.45) is 0. The van der Waals surface area contributed by atoms with Crippen LogP contribution in [0.15, 0.2) is 53.0 Å². The van der Waals surface area contributed by atoms with E-state index in [9.17, 15) is 4.79 Å². The highest BCUT2D eigenvalue weighted by Crippen LogP contribution is 2.20. The minimum absolute atomic E-state index is 0.0229. The highest BCUT2D eigenvalue weighted by atomic mass is 79.9. The fraction of sp³-hybridized carbons (Fsp3) is 0.300. The van der Waals surface area contributed by atoms with Gasteiger partial charge in [0, 0.05) is 16.4 Å². The van der Waals surface area contributed by atoms with Gasteiger partial charge >= 0.3 is 0 Å². The normalized spacial score (nSPS) is 11.7. The van der Waals surface area contributed by atoms with Crippen molar-refractivity contribution in [2.24, 2.45) is 5.41 Å². The lowest BCUT2D eigenvalue weighted by atomic mass is 9.96. The molecule has 5 heteroatoms. The second kappa shape index (κ2) is 7.00. The number of rotatable bonds is 4. The number of nitrogens with one attached hydrogen (secondary N) is 1. The topological polar surface area (TPSA) is 46.9 Å². The molecule has 0 aliphatic rings. The number of imidazole rings is 1. The molecule has 0 aliphatic heterocycles. The van der Waals surface area contributed by atoms with E-state index in [0.717, 1.165) is 21.3 Å². The third kappa shape index (κ3) is 4.10. The Bertz CT molecular complexity index is 891. The third-order valence-electron chi connectivity index (χ3n) is 4.08. The van der Waals surface area contributed by atoms with Crippen LogP contribution in [-0.4, -0.2) is 15.5 Å². The average molecular weight is 400 g/mol. The van der Waals surface area contributed by atoms with E-state index in [4.69, 9.17) is 4.98 Å². The van der Waals surface area contributed by atoms with E-state index in [1.165, 1.54) is 5.56 Å². The van der Waals surface area contributed by atoms with Crippen LogP contribution in [-0.2, 0) is 17.9 Å². The van der Waals surface area contributed by atoms with Crippen LogP contribution in [0.2, 0.25) is 0 Å². The summed E-state index contributed by atoms with van der Waals surface area (Å²) < 4.78 is 3.23. The summed E-state index contributed by atoms with van der Waals surface area (Å²) >= 11 is 3.47. The van der Waals surface area contributed by atoms with Crippen LogP contribution < -0.4 is 5.32 Å². The Balaban J connectivity index is 1.91. The Morgan fingerprint density at radius 2 is 1.80 bits per heavy atom. The smallest absolute Gasteiger partial charge is 0.225 e. The number of carbonyl (C=O) groups is 1. The first-order valence-corrected chi connectivity index (χ1v) is 9.11. The lowest BCUT2D eigenvalue weighted by Crippen LogP contribution is -2.35. The first-order valence-electron chi connectivity index (χ1n) is 8.31. The van der Waals surface area contributed by atoms with Crippen LogP contribution in [0.3, 0.4) is 0 Å². The van der Waals surface area contributed by atoms with Crippen molar-refractivity contribution in [1.82, 2.24) is 14.9 Å². The molecule has 0 bridgehead atoms. The van der Waals surface area contributed by atoms with E-state index in [1.54, 1.807) is 0 Å². The van der Waals surface area contributed by atoms with Crippen molar-refractivity contribution in [3.63, 3.8) is 0 Å². The van der Waals surface area contributed by atoms with Gasteiger partial charge in [-0.25, -0.2) is 4.98 Å². The van der Waals surface area contributed by atoms with E-state index >= 15 is 0 Å². The van der Waals surface area contributed by atoms with Gasteiger partial charge < -0.3 is 9.88 Å². The van der Waals surface area contributed by atoms with Gasteiger partial charge in [0.1, 0.15) is 5.82 Å². The van der Waals surface area contributed by atoms with Crippen LogP contribution in [0.25, 0.3) is 11.0 Å². The lowest BCUT2D eigenvalue weighted by molar-refractivity contribution is -0.128. The molecule has 25 heavy (non-hydrogen) atoms. The van der Waals surface area contributed by atoms with Crippen molar-refractivity contribution >= 4 is 32.9 Å². The summed E-state index contributed by atoms with van der Waals surface area (Å²) in [5.41, 5.74) is 2.79. The summed E-state index contributed by atoms with van der Waals surface area (Å²) in [4.78, 5) is 16.9. The van der Waals surface area contributed by atoms with Crippen LogP contribution in [0.1, 0.15) is 32.2 Å². The van der Waals surface area contributed by atoms with Crippen LogP contribution >= 0.6 is 15.9 Å². The molecule has 3 aromatic rings. The number of halogens is 1. The first-order chi connectivity index (χ1) is 11.8. The maximum Gasteiger partial charge on any atom is 0.225 e. The predicted molar refractivity (Wildman–Crippen MR) is 104 cm³/mol. The number of hydrogen-bond acceptors (Lipinski definition) is 2. The molecule has 0 radical (unpaired) electrons. The first kappa shape index (κ1) is 17.7. The number of aromatic nitrogens is 2. The molecule has 3 rings (SSSR count). The molecular weight excluding hydrogens is 378 g/mol. The van der Waals surface area contributed by atoms with E-state index < -0.39 is 5.41 Å². The van der Waals surface area contributed by atoms with Gasteiger partial charge in [-0.05, 0) is 29.8 Å². The Morgan fingerprint density at radius 3 is 2.48 bits per heavy atom. The number of fused-ring (bicyclic) bond motifs is 1. The third-order valence-corrected chi connectivity index (χ3v) is 4.60. The molecule has 1 aromatic heterocycles. The summed E-state index contributed by atoms with van der Waals surface area (Å²) in [6.45, 7) is 6.86. The zero-order valence-electron chi connectivity index (χ0n) is 14.7. The molecule has 0 saturated heterocycles. The van der Waals surface area contributed by atoms with Gasteiger partial charge in [0.15, 0.2) is 0 Å². The van der Waals surface area contributed by atoms with Crippen LogP contribution in [0.5, 0.6) is 0 Å². The summed E-state index contributed by atoms with van der Waals surface area (Å²) in [6, 6.07) is 16.3. The predicted octanol–water partition coefficient (Wildman–Crippen LogP) is 4.51. The standard InChI is InChI=1S/C20H22BrN3O/c1-20(2,3)19(25)22-12-18-23-16-6-4-5-7-17(16)24(18)13-14-8-10-15(21)11-9-14/h4-11H,12-13H2,1-3H3,(H,22,25). The molecule has 0 atom stereocenters. The Labute approximate surface area is 156 Å². The molecule has 0 spiro atoms. The quantitative estimate of drug-likeness (QED) is 0.701. The van der Waals surface area contributed by atoms with Gasteiger partial charge in [0.2, 0.25) is 5.91 Å². The lowest BCUT2D eigenvalue weighted by Gasteiger charge is -2.18. The van der Waals surface area contributed by atoms with Crippen molar-refractivity contribution in [3.8, 4) is 0 Å². The summed E-state index contributed by atoms with van der Waals surface area (Å²) in [5, 5.41) is 3.01.